The molecule has 0 amide bonds. The van der Waals surface area contributed by atoms with Gasteiger partial charge in [-0.1, -0.05) is 47.0 Å². The van der Waals surface area contributed by atoms with Gasteiger partial charge < -0.3 is 0 Å². The molecule has 0 aromatic rings. The third-order valence-corrected chi connectivity index (χ3v) is 3.83. The second-order valence-electron chi connectivity index (χ2n) is 4.42. The van der Waals surface area contributed by atoms with Gasteiger partial charge in [0, 0.05) is 0 Å². The van der Waals surface area contributed by atoms with Crippen LogP contribution in [-0.2, 0) is 0 Å². The molecular weight excluding hydrogens is 164 g/mol. The highest BCUT2D eigenvalue weighted by atomic mass is 32.1. The number of hydrogen-bond acceptors (Lipinski definition) is 1. The summed E-state index contributed by atoms with van der Waals surface area (Å²) in [5.74, 6) is 1.78. The molecule has 0 fully saturated rings. The molecule has 0 aromatic heterocycles. The van der Waals surface area contributed by atoms with Crippen molar-refractivity contribution >= 4 is 12.6 Å². The average Bonchev–Trinajstić information content (AvgIpc) is 2.04. The monoisotopic (exact) mass is 188 g/mol. The van der Waals surface area contributed by atoms with E-state index in [9.17, 15) is 0 Å². The van der Waals surface area contributed by atoms with E-state index in [1.54, 1.807) is 0 Å². The topological polar surface area (TPSA) is 0 Å². The maximum absolute atomic E-state index is 4.44. The molecule has 1 heteroatoms. The Balaban J connectivity index is 3.80. The number of hydrogen-bond donors (Lipinski definition) is 1. The molecule has 0 aromatic carbocycles. The van der Waals surface area contributed by atoms with E-state index in [0.29, 0.717) is 5.41 Å². The van der Waals surface area contributed by atoms with E-state index in [4.69, 9.17) is 0 Å². The van der Waals surface area contributed by atoms with Gasteiger partial charge in [0.25, 0.3) is 0 Å². The maximum atomic E-state index is 4.44. The lowest BCUT2D eigenvalue weighted by Crippen LogP contribution is -2.25. The third kappa shape index (κ3) is 3.84. The van der Waals surface area contributed by atoms with Crippen LogP contribution >= 0.6 is 12.6 Å². The Bertz CT molecular complexity index is 110. The Kier molecular flexibility index (Phi) is 6.08. The van der Waals surface area contributed by atoms with Gasteiger partial charge in [0.05, 0.1) is 0 Å². The van der Waals surface area contributed by atoms with Crippen LogP contribution < -0.4 is 0 Å². The molecule has 0 aliphatic rings. The predicted molar refractivity (Wildman–Crippen MR) is 60.9 cm³/mol. The molecule has 0 aliphatic carbocycles. The van der Waals surface area contributed by atoms with E-state index in [-0.39, 0.29) is 0 Å². The first-order valence-electron chi connectivity index (χ1n) is 5.17. The molecule has 1 unspecified atom stereocenters. The fraction of sp³-hybridized carbons (Fsp3) is 1.00. The van der Waals surface area contributed by atoms with Gasteiger partial charge in [0.15, 0.2) is 0 Å². The highest BCUT2D eigenvalue weighted by Gasteiger charge is 2.25. The van der Waals surface area contributed by atoms with E-state index < -0.39 is 0 Å². The lowest BCUT2D eigenvalue weighted by Gasteiger charge is -2.32. The SMILES string of the molecule is CCCCCC(C)(CS)C(C)C. The molecule has 12 heavy (non-hydrogen) atoms. The average molecular weight is 188 g/mol. The molecule has 0 heterocycles. The number of rotatable bonds is 6. The lowest BCUT2D eigenvalue weighted by atomic mass is 9.77. The van der Waals surface area contributed by atoms with Crippen LogP contribution in [0.25, 0.3) is 0 Å². The molecule has 0 radical (unpaired) electrons. The molecule has 0 rings (SSSR count). The first-order chi connectivity index (χ1) is 5.56. The fourth-order valence-corrected chi connectivity index (χ4v) is 1.85. The van der Waals surface area contributed by atoms with Gasteiger partial charge in [-0.15, -0.1) is 0 Å². The molecule has 1 atom stereocenters. The van der Waals surface area contributed by atoms with Crippen LogP contribution in [0.15, 0.2) is 0 Å². The van der Waals surface area contributed by atoms with Crippen LogP contribution in [0.3, 0.4) is 0 Å². The maximum Gasteiger partial charge on any atom is -0.00414 e. The second-order valence-corrected chi connectivity index (χ2v) is 4.74. The predicted octanol–water partition coefficient (Wildman–Crippen LogP) is 4.16. The minimum atomic E-state index is 0.457. The van der Waals surface area contributed by atoms with Crippen LogP contribution in [0.5, 0.6) is 0 Å². The number of thiol groups is 1. The van der Waals surface area contributed by atoms with Gasteiger partial charge in [-0.05, 0) is 23.5 Å². The molecule has 0 spiro atoms. The van der Waals surface area contributed by atoms with Crippen LogP contribution in [0, 0.1) is 11.3 Å². The van der Waals surface area contributed by atoms with Gasteiger partial charge >= 0.3 is 0 Å². The minimum absolute atomic E-state index is 0.457. The van der Waals surface area contributed by atoms with Gasteiger partial charge in [-0.2, -0.15) is 12.6 Å². The van der Waals surface area contributed by atoms with E-state index in [1.807, 2.05) is 0 Å². The van der Waals surface area contributed by atoms with Crippen molar-refractivity contribution in [2.24, 2.45) is 11.3 Å². The van der Waals surface area contributed by atoms with Gasteiger partial charge in [0.2, 0.25) is 0 Å². The molecule has 0 nitrogen and oxygen atoms in total. The Hall–Kier alpha value is 0.350. The van der Waals surface area contributed by atoms with Gasteiger partial charge in [-0.3, -0.25) is 0 Å². The Labute approximate surface area is 83.5 Å². The van der Waals surface area contributed by atoms with Crippen molar-refractivity contribution in [1.29, 1.82) is 0 Å². The quantitative estimate of drug-likeness (QED) is 0.469. The van der Waals surface area contributed by atoms with Crippen LogP contribution in [0.2, 0.25) is 0 Å². The van der Waals surface area contributed by atoms with Crippen molar-refractivity contribution < 1.29 is 0 Å². The Morgan fingerprint density at radius 2 is 1.83 bits per heavy atom. The van der Waals surface area contributed by atoms with Crippen molar-refractivity contribution in [2.75, 3.05) is 5.75 Å². The molecular formula is C11H24S. The lowest BCUT2D eigenvalue weighted by molar-refractivity contribution is 0.229. The van der Waals surface area contributed by atoms with Crippen LogP contribution in [0.1, 0.15) is 53.4 Å². The molecule has 0 N–H and O–H groups in total. The van der Waals surface area contributed by atoms with Crippen LogP contribution in [0.4, 0.5) is 0 Å². The zero-order chi connectivity index (χ0) is 9.61. The zero-order valence-electron chi connectivity index (χ0n) is 9.06. The van der Waals surface area contributed by atoms with Crippen LogP contribution in [-0.4, -0.2) is 5.75 Å². The summed E-state index contributed by atoms with van der Waals surface area (Å²) in [7, 11) is 0. The standard InChI is InChI=1S/C11H24S/c1-5-6-7-8-11(4,9-12)10(2)3/h10,12H,5-9H2,1-4H3. The summed E-state index contributed by atoms with van der Waals surface area (Å²) in [5, 5.41) is 0. The summed E-state index contributed by atoms with van der Waals surface area (Å²) in [5.41, 5.74) is 0.457. The molecule has 0 saturated carbocycles. The second kappa shape index (κ2) is 5.90. The molecule has 0 bridgehead atoms. The fourth-order valence-electron chi connectivity index (χ4n) is 1.33. The van der Waals surface area contributed by atoms with E-state index >= 15 is 0 Å². The molecule has 0 saturated heterocycles. The Morgan fingerprint density at radius 1 is 1.25 bits per heavy atom. The largest absolute Gasteiger partial charge is 0.179 e. The summed E-state index contributed by atoms with van der Waals surface area (Å²) in [6.07, 6.45) is 5.39. The van der Waals surface area contributed by atoms with Gasteiger partial charge in [-0.25, -0.2) is 0 Å². The van der Waals surface area contributed by atoms with Crippen molar-refractivity contribution in [3.8, 4) is 0 Å². The number of unbranched alkanes of at least 4 members (excludes halogenated alkanes) is 2. The first kappa shape index (κ1) is 12.3. The van der Waals surface area contributed by atoms with E-state index in [1.165, 1.54) is 25.7 Å². The molecule has 0 aliphatic heterocycles. The summed E-state index contributed by atoms with van der Waals surface area (Å²) in [4.78, 5) is 0. The minimum Gasteiger partial charge on any atom is -0.179 e. The van der Waals surface area contributed by atoms with Crippen molar-refractivity contribution in [3.05, 3.63) is 0 Å². The smallest absolute Gasteiger partial charge is 0.00414 e. The summed E-state index contributed by atoms with van der Waals surface area (Å²) in [6.45, 7) is 9.23. The van der Waals surface area contributed by atoms with Crippen molar-refractivity contribution in [3.63, 3.8) is 0 Å². The molecule has 74 valence electrons. The highest BCUT2D eigenvalue weighted by molar-refractivity contribution is 7.80. The Morgan fingerprint density at radius 3 is 2.17 bits per heavy atom. The van der Waals surface area contributed by atoms with Gasteiger partial charge in [0.1, 0.15) is 0 Å². The van der Waals surface area contributed by atoms with E-state index in [0.717, 1.165) is 11.7 Å². The summed E-state index contributed by atoms with van der Waals surface area (Å²) >= 11 is 4.44. The van der Waals surface area contributed by atoms with E-state index in [2.05, 4.69) is 40.3 Å². The highest BCUT2D eigenvalue weighted by Crippen LogP contribution is 2.33. The zero-order valence-corrected chi connectivity index (χ0v) is 9.95. The third-order valence-electron chi connectivity index (χ3n) is 3.11. The van der Waals surface area contributed by atoms with Crippen molar-refractivity contribution in [2.45, 2.75) is 53.4 Å². The van der Waals surface area contributed by atoms with Crippen molar-refractivity contribution in [1.82, 2.24) is 0 Å². The summed E-state index contributed by atoms with van der Waals surface area (Å²) in [6, 6.07) is 0. The summed E-state index contributed by atoms with van der Waals surface area (Å²) < 4.78 is 0. The first-order valence-corrected chi connectivity index (χ1v) is 5.81. The normalized spacial score (nSPS) is 16.5.